The Kier molecular flexibility index (Phi) is 5.78. The van der Waals surface area contributed by atoms with Gasteiger partial charge in [0, 0.05) is 11.3 Å². The summed E-state index contributed by atoms with van der Waals surface area (Å²) in [7, 11) is 0. The number of rotatable bonds is 6. The monoisotopic (exact) mass is 379 g/mol. The van der Waals surface area contributed by atoms with Crippen LogP contribution in [0.5, 0.6) is 0 Å². The van der Waals surface area contributed by atoms with Crippen LogP contribution in [0.3, 0.4) is 0 Å². The van der Waals surface area contributed by atoms with Crippen molar-refractivity contribution in [1.82, 2.24) is 20.2 Å². The van der Waals surface area contributed by atoms with Crippen LogP contribution in [0.4, 0.5) is 5.69 Å². The van der Waals surface area contributed by atoms with E-state index in [0.29, 0.717) is 11.5 Å². The van der Waals surface area contributed by atoms with Crippen LogP contribution in [0.25, 0.3) is 11.4 Å². The maximum absolute atomic E-state index is 12.0. The highest BCUT2D eigenvalue weighted by Gasteiger charge is 2.13. The molecule has 0 fully saturated rings. The third-order valence-electron chi connectivity index (χ3n) is 4.28. The van der Waals surface area contributed by atoms with Crippen molar-refractivity contribution >= 4 is 17.6 Å². The molecule has 0 aliphatic heterocycles. The predicted octanol–water partition coefficient (Wildman–Crippen LogP) is 2.45. The number of carbonyl (C=O) groups excluding carboxylic acids is 2. The van der Waals surface area contributed by atoms with Crippen LogP contribution in [0.15, 0.2) is 42.5 Å². The second-order valence-corrected chi connectivity index (χ2v) is 6.47. The van der Waals surface area contributed by atoms with Crippen LogP contribution in [0.2, 0.25) is 0 Å². The van der Waals surface area contributed by atoms with Crippen molar-refractivity contribution in [2.24, 2.45) is 0 Å². The molecular formula is C20H21N5O3. The fraction of sp³-hybridized carbons (Fsp3) is 0.250. The molecule has 8 nitrogen and oxygen atoms in total. The molecule has 1 heterocycles. The number of nitrogens with zero attached hydrogens (tertiary/aromatic N) is 4. The Morgan fingerprint density at radius 1 is 1.07 bits per heavy atom. The number of tetrazole rings is 1. The molecule has 8 heteroatoms. The number of carbonyl (C=O) groups is 2. The van der Waals surface area contributed by atoms with Gasteiger partial charge in [-0.15, -0.1) is 10.2 Å². The first-order chi connectivity index (χ1) is 13.4. The number of aryl methyl sites for hydroxylation is 2. The molecule has 0 unspecified atom stereocenters. The minimum Gasteiger partial charge on any atom is -0.454 e. The normalized spacial score (nSPS) is 10.5. The number of esters is 1. The van der Waals surface area contributed by atoms with Crippen LogP contribution in [-0.4, -0.2) is 38.7 Å². The summed E-state index contributed by atoms with van der Waals surface area (Å²) < 4.78 is 5.00. The van der Waals surface area contributed by atoms with E-state index in [1.54, 1.807) is 6.07 Å². The summed E-state index contributed by atoms with van der Waals surface area (Å²) in [6.07, 6.45) is 0. The van der Waals surface area contributed by atoms with Crippen LogP contribution < -0.4 is 5.32 Å². The number of amides is 1. The topological polar surface area (TPSA) is 99.0 Å². The van der Waals surface area contributed by atoms with Gasteiger partial charge in [0.2, 0.25) is 5.82 Å². The summed E-state index contributed by atoms with van der Waals surface area (Å²) in [5.74, 6) is -0.613. The summed E-state index contributed by atoms with van der Waals surface area (Å²) in [5.41, 5.74) is 4.66. The summed E-state index contributed by atoms with van der Waals surface area (Å²) in [4.78, 5) is 25.1. The van der Waals surface area contributed by atoms with Crippen molar-refractivity contribution in [3.05, 3.63) is 59.2 Å². The fourth-order valence-electron chi connectivity index (χ4n) is 2.51. The molecule has 0 aliphatic rings. The van der Waals surface area contributed by atoms with Gasteiger partial charge in [-0.25, -0.2) is 4.79 Å². The molecule has 0 aliphatic carbocycles. The van der Waals surface area contributed by atoms with Gasteiger partial charge in [0.1, 0.15) is 0 Å². The zero-order valence-corrected chi connectivity index (χ0v) is 16.0. The largest absolute Gasteiger partial charge is 0.454 e. The Morgan fingerprint density at radius 2 is 1.82 bits per heavy atom. The summed E-state index contributed by atoms with van der Waals surface area (Å²) >= 11 is 0. The van der Waals surface area contributed by atoms with Gasteiger partial charge in [-0.2, -0.15) is 4.80 Å². The molecule has 0 radical (unpaired) electrons. The minimum absolute atomic E-state index is 0.227. The van der Waals surface area contributed by atoms with Crippen molar-refractivity contribution in [1.29, 1.82) is 0 Å². The molecule has 28 heavy (non-hydrogen) atoms. The number of nitrogens with one attached hydrogen (secondary N) is 1. The van der Waals surface area contributed by atoms with E-state index in [1.807, 2.05) is 57.2 Å². The number of aromatic nitrogens is 4. The highest BCUT2D eigenvalue weighted by Crippen LogP contribution is 2.17. The molecular weight excluding hydrogens is 358 g/mol. The van der Waals surface area contributed by atoms with Gasteiger partial charge in [-0.05, 0) is 43.2 Å². The minimum atomic E-state index is -0.621. The SMILES string of the molecule is Cc1ccc(-c2nnn(CC(=O)OCC(=O)Nc3cccc(C)c3C)n2)cc1. The number of anilines is 1. The maximum atomic E-state index is 12.0. The van der Waals surface area contributed by atoms with E-state index >= 15 is 0 Å². The zero-order valence-electron chi connectivity index (χ0n) is 16.0. The smallest absolute Gasteiger partial charge is 0.330 e. The van der Waals surface area contributed by atoms with Crippen molar-refractivity contribution in [2.75, 3.05) is 11.9 Å². The van der Waals surface area contributed by atoms with Crippen LogP contribution >= 0.6 is 0 Å². The van der Waals surface area contributed by atoms with Gasteiger partial charge in [-0.3, -0.25) is 4.79 Å². The molecule has 1 N–H and O–H groups in total. The molecule has 3 rings (SSSR count). The Hall–Kier alpha value is -3.55. The molecule has 0 bridgehead atoms. The Labute approximate surface area is 162 Å². The number of hydrogen-bond donors (Lipinski definition) is 1. The van der Waals surface area contributed by atoms with E-state index in [1.165, 1.54) is 0 Å². The lowest BCUT2D eigenvalue weighted by Gasteiger charge is -2.10. The number of benzene rings is 2. The molecule has 0 atom stereocenters. The van der Waals surface area contributed by atoms with Crippen LogP contribution in [0, 0.1) is 20.8 Å². The Balaban J connectivity index is 1.51. The lowest BCUT2D eigenvalue weighted by atomic mass is 10.1. The molecule has 1 amide bonds. The lowest BCUT2D eigenvalue weighted by Crippen LogP contribution is -2.24. The molecule has 0 saturated carbocycles. The van der Waals surface area contributed by atoms with Crippen LogP contribution in [-0.2, 0) is 20.9 Å². The number of ether oxygens (including phenoxy) is 1. The van der Waals surface area contributed by atoms with Gasteiger partial charge in [0.15, 0.2) is 13.2 Å². The molecule has 3 aromatic rings. The molecule has 0 saturated heterocycles. The number of hydrogen-bond acceptors (Lipinski definition) is 6. The van der Waals surface area contributed by atoms with E-state index < -0.39 is 11.9 Å². The van der Waals surface area contributed by atoms with Gasteiger partial charge in [0.25, 0.3) is 5.91 Å². The van der Waals surface area contributed by atoms with E-state index in [-0.39, 0.29) is 13.2 Å². The maximum Gasteiger partial charge on any atom is 0.330 e. The highest BCUT2D eigenvalue weighted by atomic mass is 16.5. The first-order valence-corrected chi connectivity index (χ1v) is 8.79. The summed E-state index contributed by atoms with van der Waals surface area (Å²) in [6, 6.07) is 13.3. The van der Waals surface area contributed by atoms with E-state index in [2.05, 4.69) is 20.7 Å². The van der Waals surface area contributed by atoms with E-state index in [9.17, 15) is 9.59 Å². The summed E-state index contributed by atoms with van der Waals surface area (Å²) in [5, 5.41) is 14.7. The molecule has 0 spiro atoms. The molecule has 2 aromatic carbocycles. The van der Waals surface area contributed by atoms with Gasteiger partial charge in [0.05, 0.1) is 0 Å². The van der Waals surface area contributed by atoms with E-state index in [0.717, 1.165) is 27.1 Å². The average molecular weight is 379 g/mol. The second kappa shape index (κ2) is 8.43. The Bertz CT molecular complexity index is 995. The average Bonchev–Trinajstić information content (AvgIpc) is 3.13. The lowest BCUT2D eigenvalue weighted by molar-refractivity contribution is -0.148. The first kappa shape index (κ1) is 19.2. The molecule has 1 aromatic heterocycles. The van der Waals surface area contributed by atoms with Crippen molar-refractivity contribution < 1.29 is 14.3 Å². The van der Waals surface area contributed by atoms with Gasteiger partial charge >= 0.3 is 5.97 Å². The van der Waals surface area contributed by atoms with Crippen LogP contribution in [0.1, 0.15) is 16.7 Å². The fourth-order valence-corrected chi connectivity index (χ4v) is 2.51. The first-order valence-electron chi connectivity index (χ1n) is 8.79. The molecule has 144 valence electrons. The van der Waals surface area contributed by atoms with Gasteiger partial charge in [-0.1, -0.05) is 42.0 Å². The third kappa shape index (κ3) is 4.79. The second-order valence-electron chi connectivity index (χ2n) is 6.47. The standard InChI is InChI=1S/C20H21N5O3/c1-13-7-9-16(10-8-13)20-22-24-25(23-20)11-19(27)28-12-18(26)21-17-6-4-5-14(2)15(17)3/h4-10H,11-12H2,1-3H3,(H,21,26). The van der Waals surface area contributed by atoms with E-state index in [4.69, 9.17) is 4.74 Å². The summed E-state index contributed by atoms with van der Waals surface area (Å²) in [6.45, 7) is 5.25. The third-order valence-corrected chi connectivity index (χ3v) is 4.28. The van der Waals surface area contributed by atoms with Crippen molar-refractivity contribution in [2.45, 2.75) is 27.3 Å². The zero-order chi connectivity index (χ0) is 20.1. The highest BCUT2D eigenvalue weighted by molar-refractivity contribution is 5.93. The predicted molar refractivity (Wildman–Crippen MR) is 103 cm³/mol. The van der Waals surface area contributed by atoms with Crippen molar-refractivity contribution in [3.63, 3.8) is 0 Å². The van der Waals surface area contributed by atoms with Gasteiger partial charge < -0.3 is 10.1 Å². The quantitative estimate of drug-likeness (QED) is 0.661. The van der Waals surface area contributed by atoms with Crippen molar-refractivity contribution in [3.8, 4) is 11.4 Å². The Morgan fingerprint density at radius 3 is 2.57 bits per heavy atom.